The van der Waals surface area contributed by atoms with E-state index in [4.69, 9.17) is 4.74 Å². The molecular weight excluding hydrogens is 368 g/mol. The summed E-state index contributed by atoms with van der Waals surface area (Å²) in [5.74, 6) is 0.723. The second-order valence-corrected chi connectivity index (χ2v) is 9.25. The first-order valence-corrected chi connectivity index (χ1v) is 10.8. The number of carbonyl (C=O) groups is 2. The Morgan fingerprint density at radius 3 is 2.62 bits per heavy atom. The van der Waals surface area contributed by atoms with E-state index in [1.54, 1.807) is 11.3 Å². The first-order chi connectivity index (χ1) is 12.6. The normalized spacial score (nSPS) is 27.2. The van der Waals surface area contributed by atoms with Crippen LogP contribution >= 0.6 is 22.7 Å². The molecule has 0 aliphatic carbocycles. The Kier molecular flexibility index (Phi) is 5.11. The number of nitrogens with one attached hydrogen (secondary N) is 1. The molecule has 0 saturated carbocycles. The second kappa shape index (κ2) is 7.50. The van der Waals surface area contributed by atoms with Crippen molar-refractivity contribution in [2.45, 2.75) is 25.5 Å². The number of hydrogen-bond donors (Lipinski definition) is 1. The number of Topliss-reactive ketones (excluding diaryl/α,β-unsaturated/α-hetero) is 1. The van der Waals surface area contributed by atoms with Gasteiger partial charge in [-0.1, -0.05) is 12.1 Å². The number of ketones is 1. The Hall–Kier alpha value is -1.70. The van der Waals surface area contributed by atoms with Gasteiger partial charge in [0, 0.05) is 17.7 Å². The van der Waals surface area contributed by atoms with Crippen molar-refractivity contribution in [3.63, 3.8) is 0 Å². The lowest BCUT2D eigenvalue weighted by molar-refractivity contribution is -0.936. The summed E-state index contributed by atoms with van der Waals surface area (Å²) in [5.41, 5.74) is 0. The van der Waals surface area contributed by atoms with Gasteiger partial charge < -0.3 is 14.5 Å². The number of piperidine rings is 3. The highest BCUT2D eigenvalue weighted by Crippen LogP contribution is 2.34. The van der Waals surface area contributed by atoms with Gasteiger partial charge in [-0.2, -0.15) is 0 Å². The number of ether oxygens (including phenoxy) is 1. The molecule has 26 heavy (non-hydrogen) atoms. The van der Waals surface area contributed by atoms with Gasteiger partial charge in [0.1, 0.15) is 13.2 Å². The fourth-order valence-corrected chi connectivity index (χ4v) is 5.49. The standard InChI is InChI=1S/C19H22N2O3S2/c22-17(18-4-2-10-26-18)12-21-7-5-14(6-8-21)16(11-21)20-19(23)24-13-15-3-1-9-25-15/h1-4,9-10,14,16H,5-8,11-13H2/p+1/t14?,16-,21?/m0/s1. The van der Waals surface area contributed by atoms with Crippen LogP contribution in [0.3, 0.4) is 0 Å². The Balaban J connectivity index is 1.34. The maximum absolute atomic E-state index is 12.6. The Labute approximate surface area is 161 Å². The predicted molar refractivity (Wildman–Crippen MR) is 103 cm³/mol. The van der Waals surface area contributed by atoms with Crippen LogP contribution in [-0.2, 0) is 11.3 Å². The number of quaternary nitrogens is 1. The lowest BCUT2D eigenvalue weighted by Gasteiger charge is -2.52. The zero-order valence-corrected chi connectivity index (χ0v) is 16.2. The molecule has 5 heterocycles. The summed E-state index contributed by atoms with van der Waals surface area (Å²) in [4.78, 5) is 26.7. The summed E-state index contributed by atoms with van der Waals surface area (Å²) in [5, 5.41) is 6.99. The third kappa shape index (κ3) is 3.84. The van der Waals surface area contributed by atoms with Gasteiger partial charge in [0.2, 0.25) is 5.78 Å². The number of amides is 1. The van der Waals surface area contributed by atoms with E-state index in [0.717, 1.165) is 46.7 Å². The zero-order valence-electron chi connectivity index (χ0n) is 14.6. The molecule has 5 nitrogen and oxygen atoms in total. The van der Waals surface area contributed by atoms with E-state index < -0.39 is 0 Å². The van der Waals surface area contributed by atoms with Crippen molar-refractivity contribution in [3.05, 3.63) is 44.8 Å². The lowest BCUT2D eigenvalue weighted by atomic mass is 9.81. The molecule has 7 heteroatoms. The lowest BCUT2D eigenvalue weighted by Crippen LogP contribution is -2.68. The molecular formula is C19H23N2O3S2+. The molecule has 2 bridgehead atoms. The van der Waals surface area contributed by atoms with Gasteiger partial charge in [-0.05, 0) is 28.8 Å². The van der Waals surface area contributed by atoms with E-state index in [9.17, 15) is 9.59 Å². The first-order valence-electron chi connectivity index (χ1n) is 9.01. The summed E-state index contributed by atoms with van der Waals surface area (Å²) in [6, 6.07) is 7.84. The molecule has 0 unspecified atom stereocenters. The molecule has 5 rings (SSSR count). The van der Waals surface area contributed by atoms with E-state index in [0.29, 0.717) is 19.1 Å². The van der Waals surface area contributed by atoms with Crippen molar-refractivity contribution in [2.24, 2.45) is 5.92 Å². The predicted octanol–water partition coefficient (Wildman–Crippen LogP) is 3.53. The molecule has 2 aromatic rings. The Morgan fingerprint density at radius 2 is 1.92 bits per heavy atom. The average Bonchev–Trinajstić information content (AvgIpc) is 3.34. The number of nitrogens with zero attached hydrogens (tertiary/aromatic N) is 1. The monoisotopic (exact) mass is 391 g/mol. The highest BCUT2D eigenvalue weighted by molar-refractivity contribution is 7.12. The van der Waals surface area contributed by atoms with Crippen LogP contribution in [0.25, 0.3) is 0 Å². The largest absolute Gasteiger partial charge is 0.444 e. The van der Waals surface area contributed by atoms with Crippen LogP contribution in [0.4, 0.5) is 4.79 Å². The zero-order chi connectivity index (χ0) is 18.0. The number of rotatable bonds is 6. The molecule has 1 amide bonds. The molecule has 3 fully saturated rings. The van der Waals surface area contributed by atoms with Crippen LogP contribution < -0.4 is 5.32 Å². The number of thiophene rings is 2. The minimum Gasteiger partial charge on any atom is -0.444 e. The molecule has 138 valence electrons. The SMILES string of the molecule is O=C(N[C@H]1C[N+]2(CC(=O)c3cccs3)CCC1CC2)OCc1cccs1. The van der Waals surface area contributed by atoms with Gasteiger partial charge in [0.05, 0.1) is 30.6 Å². The van der Waals surface area contributed by atoms with Gasteiger partial charge in [0.25, 0.3) is 0 Å². The highest BCUT2D eigenvalue weighted by Gasteiger charge is 2.47. The molecule has 1 N–H and O–H groups in total. The smallest absolute Gasteiger partial charge is 0.407 e. The molecule has 3 aliphatic heterocycles. The fourth-order valence-electron chi connectivity index (χ4n) is 4.22. The maximum Gasteiger partial charge on any atom is 0.407 e. The minimum atomic E-state index is -0.347. The van der Waals surface area contributed by atoms with Crippen LogP contribution in [-0.4, -0.2) is 48.6 Å². The van der Waals surface area contributed by atoms with Crippen molar-refractivity contribution in [3.8, 4) is 0 Å². The van der Waals surface area contributed by atoms with Crippen LogP contribution in [0, 0.1) is 5.92 Å². The van der Waals surface area contributed by atoms with Gasteiger partial charge in [-0.3, -0.25) is 4.79 Å². The van der Waals surface area contributed by atoms with E-state index in [1.165, 1.54) is 11.3 Å². The van der Waals surface area contributed by atoms with Crippen molar-refractivity contribution in [1.29, 1.82) is 0 Å². The number of carbonyl (C=O) groups excluding carboxylic acids is 2. The van der Waals surface area contributed by atoms with Gasteiger partial charge in [-0.15, -0.1) is 22.7 Å². The quantitative estimate of drug-likeness (QED) is 0.605. The molecule has 0 radical (unpaired) electrons. The average molecular weight is 392 g/mol. The number of fused-ring (bicyclic) bond motifs is 3. The van der Waals surface area contributed by atoms with Crippen LogP contribution in [0.5, 0.6) is 0 Å². The van der Waals surface area contributed by atoms with E-state index >= 15 is 0 Å². The van der Waals surface area contributed by atoms with Crippen LogP contribution in [0.2, 0.25) is 0 Å². The molecule has 0 spiro atoms. The molecule has 1 atom stereocenters. The van der Waals surface area contributed by atoms with Gasteiger partial charge >= 0.3 is 6.09 Å². The summed E-state index contributed by atoms with van der Waals surface area (Å²) in [7, 11) is 0. The van der Waals surface area contributed by atoms with Crippen molar-refractivity contribution in [2.75, 3.05) is 26.2 Å². The number of hydrogen-bond acceptors (Lipinski definition) is 5. The Morgan fingerprint density at radius 1 is 1.15 bits per heavy atom. The minimum absolute atomic E-state index is 0.101. The van der Waals surface area contributed by atoms with Crippen LogP contribution in [0.1, 0.15) is 27.4 Å². The summed E-state index contributed by atoms with van der Waals surface area (Å²) < 4.78 is 6.15. The third-order valence-electron chi connectivity index (χ3n) is 5.61. The first kappa shape index (κ1) is 17.7. The van der Waals surface area contributed by atoms with E-state index in [2.05, 4.69) is 5.32 Å². The molecule has 0 aromatic carbocycles. The van der Waals surface area contributed by atoms with Gasteiger partial charge in [-0.25, -0.2) is 4.79 Å². The maximum atomic E-state index is 12.6. The van der Waals surface area contributed by atoms with Crippen molar-refractivity contribution >= 4 is 34.6 Å². The van der Waals surface area contributed by atoms with Crippen molar-refractivity contribution < 1.29 is 18.8 Å². The topological polar surface area (TPSA) is 55.4 Å². The molecule has 2 aromatic heterocycles. The summed E-state index contributed by atoms with van der Waals surface area (Å²) in [6.45, 7) is 3.75. The summed E-state index contributed by atoms with van der Waals surface area (Å²) in [6.07, 6.45) is 1.78. The number of alkyl carbamates (subject to hydrolysis) is 1. The second-order valence-electron chi connectivity index (χ2n) is 7.27. The van der Waals surface area contributed by atoms with E-state index in [-0.39, 0.29) is 17.9 Å². The summed E-state index contributed by atoms with van der Waals surface area (Å²) >= 11 is 3.09. The molecule has 3 saturated heterocycles. The van der Waals surface area contributed by atoms with Crippen LogP contribution in [0.15, 0.2) is 35.0 Å². The Bertz CT molecular complexity index is 750. The highest BCUT2D eigenvalue weighted by atomic mass is 32.1. The van der Waals surface area contributed by atoms with E-state index in [1.807, 2.05) is 35.0 Å². The fraction of sp³-hybridized carbons (Fsp3) is 0.474. The third-order valence-corrected chi connectivity index (χ3v) is 7.37. The van der Waals surface area contributed by atoms with Crippen molar-refractivity contribution in [1.82, 2.24) is 5.32 Å². The van der Waals surface area contributed by atoms with Gasteiger partial charge in [0.15, 0.2) is 0 Å². The molecule has 3 aliphatic rings.